The number of aromatic amines is 1. The summed E-state index contributed by atoms with van der Waals surface area (Å²) in [6.07, 6.45) is 2.58. The first-order chi connectivity index (χ1) is 10.2. The number of nitrogens with zero attached hydrogens (tertiary/aromatic N) is 2. The Labute approximate surface area is 126 Å². The minimum Gasteiger partial charge on any atom is -0.496 e. The fraction of sp³-hybridized carbons (Fsp3) is 0.471. The lowest BCUT2D eigenvalue weighted by atomic mass is 10.1. The molecule has 1 atom stereocenters. The summed E-state index contributed by atoms with van der Waals surface area (Å²) in [6.45, 7) is 3.06. The Morgan fingerprint density at radius 2 is 2.14 bits per heavy atom. The molecule has 2 aromatic rings. The van der Waals surface area contributed by atoms with Crippen LogP contribution in [0.1, 0.15) is 48.7 Å². The zero-order chi connectivity index (χ0) is 14.8. The van der Waals surface area contributed by atoms with E-state index in [1.54, 1.807) is 7.11 Å². The second-order valence-corrected chi connectivity index (χ2v) is 5.93. The summed E-state index contributed by atoms with van der Waals surface area (Å²) in [5.74, 6) is 1.65. The Morgan fingerprint density at radius 1 is 1.38 bits per heavy atom. The van der Waals surface area contributed by atoms with E-state index in [1.807, 2.05) is 12.1 Å². The van der Waals surface area contributed by atoms with Crippen molar-refractivity contribution < 1.29 is 4.74 Å². The van der Waals surface area contributed by atoms with Crippen molar-refractivity contribution in [1.29, 1.82) is 0 Å². The highest BCUT2D eigenvalue weighted by Gasteiger charge is 2.26. The van der Waals surface area contributed by atoms with Crippen LogP contribution in [0.2, 0.25) is 0 Å². The van der Waals surface area contributed by atoms with Crippen LogP contribution >= 0.6 is 0 Å². The van der Waals surface area contributed by atoms with E-state index < -0.39 is 0 Å². The Balaban J connectivity index is 1.69. The molecule has 1 aliphatic rings. The number of ether oxygens (including phenoxy) is 1. The van der Waals surface area contributed by atoms with Crippen LogP contribution in [0, 0.1) is 0 Å². The van der Waals surface area contributed by atoms with Gasteiger partial charge in [-0.15, -0.1) is 0 Å². The molecule has 4 nitrogen and oxygen atoms in total. The van der Waals surface area contributed by atoms with Gasteiger partial charge in [-0.05, 0) is 38.9 Å². The van der Waals surface area contributed by atoms with Gasteiger partial charge in [-0.25, -0.2) is 0 Å². The normalized spacial score (nSPS) is 16.2. The van der Waals surface area contributed by atoms with Crippen molar-refractivity contribution in [3.8, 4) is 5.75 Å². The van der Waals surface area contributed by atoms with Gasteiger partial charge >= 0.3 is 0 Å². The molecule has 0 aliphatic heterocycles. The third-order valence-electron chi connectivity index (χ3n) is 4.32. The monoisotopic (exact) mass is 285 g/mol. The fourth-order valence-corrected chi connectivity index (χ4v) is 2.70. The first-order valence-electron chi connectivity index (χ1n) is 7.56. The molecule has 3 rings (SSSR count). The van der Waals surface area contributed by atoms with Crippen molar-refractivity contribution in [3.63, 3.8) is 0 Å². The predicted molar refractivity (Wildman–Crippen MR) is 83.4 cm³/mol. The van der Waals surface area contributed by atoms with Crippen LogP contribution < -0.4 is 4.74 Å². The van der Waals surface area contributed by atoms with Gasteiger partial charge in [0.05, 0.1) is 12.8 Å². The lowest BCUT2D eigenvalue weighted by Crippen LogP contribution is -2.22. The van der Waals surface area contributed by atoms with E-state index in [9.17, 15) is 0 Å². The Hall–Kier alpha value is -1.81. The van der Waals surface area contributed by atoms with Gasteiger partial charge in [0, 0.05) is 29.8 Å². The number of methoxy groups -OCH3 is 1. The molecule has 21 heavy (non-hydrogen) atoms. The van der Waals surface area contributed by atoms with Gasteiger partial charge in [0.1, 0.15) is 5.75 Å². The highest BCUT2D eigenvalue weighted by Crippen LogP contribution is 2.39. The van der Waals surface area contributed by atoms with Crippen LogP contribution in [0.3, 0.4) is 0 Å². The number of nitrogens with one attached hydrogen (secondary N) is 1. The number of hydrogen-bond donors (Lipinski definition) is 1. The molecule has 4 heteroatoms. The largest absolute Gasteiger partial charge is 0.496 e. The molecule has 0 saturated heterocycles. The molecule has 1 fully saturated rings. The van der Waals surface area contributed by atoms with E-state index in [2.05, 4.69) is 47.3 Å². The van der Waals surface area contributed by atoms with Crippen molar-refractivity contribution >= 4 is 0 Å². The number of rotatable bonds is 6. The smallest absolute Gasteiger partial charge is 0.123 e. The lowest BCUT2D eigenvalue weighted by Gasteiger charge is -2.25. The minimum absolute atomic E-state index is 0.286. The standard InChI is InChI=1S/C17H23N3O/c1-12(15-6-4-5-7-17(15)21-3)20(2)11-14-10-16(19-18-14)13-8-9-13/h4-7,10,12-13H,8-9,11H2,1-3H3,(H,18,19)/t12-/m1/s1. The Bertz CT molecular complexity index is 604. The second kappa shape index (κ2) is 5.90. The van der Waals surface area contributed by atoms with Crippen molar-refractivity contribution in [3.05, 3.63) is 47.3 Å². The summed E-state index contributed by atoms with van der Waals surface area (Å²) < 4.78 is 5.46. The van der Waals surface area contributed by atoms with Crippen molar-refractivity contribution in [2.24, 2.45) is 0 Å². The molecule has 0 spiro atoms. The minimum atomic E-state index is 0.286. The van der Waals surface area contributed by atoms with Gasteiger partial charge in [-0.3, -0.25) is 10.00 Å². The van der Waals surface area contributed by atoms with Gasteiger partial charge in [-0.1, -0.05) is 18.2 Å². The van der Waals surface area contributed by atoms with Crippen LogP contribution in [-0.2, 0) is 6.54 Å². The number of H-pyrrole nitrogens is 1. The SMILES string of the molecule is COc1ccccc1[C@@H](C)N(C)Cc1cc(C2CC2)n[nH]1. The van der Waals surface area contributed by atoms with Crippen LogP contribution in [0.5, 0.6) is 5.75 Å². The molecule has 1 N–H and O–H groups in total. The maximum absolute atomic E-state index is 5.46. The average Bonchev–Trinajstić information content (AvgIpc) is 3.26. The summed E-state index contributed by atoms with van der Waals surface area (Å²) in [5.41, 5.74) is 3.62. The van der Waals surface area contributed by atoms with Crippen LogP contribution in [0.25, 0.3) is 0 Å². The molecule has 1 aliphatic carbocycles. The number of benzene rings is 1. The van der Waals surface area contributed by atoms with Crippen molar-refractivity contribution in [2.75, 3.05) is 14.2 Å². The average molecular weight is 285 g/mol. The van der Waals surface area contributed by atoms with Crippen LogP contribution in [-0.4, -0.2) is 29.3 Å². The van der Waals surface area contributed by atoms with Gasteiger partial charge in [0.15, 0.2) is 0 Å². The van der Waals surface area contributed by atoms with Gasteiger partial charge in [0.25, 0.3) is 0 Å². The molecular weight excluding hydrogens is 262 g/mol. The van der Waals surface area contributed by atoms with Crippen molar-refractivity contribution in [1.82, 2.24) is 15.1 Å². The molecular formula is C17H23N3O. The van der Waals surface area contributed by atoms with Gasteiger partial charge in [0.2, 0.25) is 0 Å². The fourth-order valence-electron chi connectivity index (χ4n) is 2.70. The molecule has 1 heterocycles. The molecule has 0 unspecified atom stereocenters. The number of para-hydroxylation sites is 1. The maximum Gasteiger partial charge on any atom is 0.123 e. The highest BCUT2D eigenvalue weighted by atomic mass is 16.5. The summed E-state index contributed by atoms with van der Waals surface area (Å²) in [5, 5.41) is 7.59. The zero-order valence-corrected chi connectivity index (χ0v) is 13.0. The van der Waals surface area contributed by atoms with E-state index in [0.717, 1.165) is 12.3 Å². The Kier molecular flexibility index (Phi) is 3.97. The van der Waals surface area contributed by atoms with Gasteiger partial charge < -0.3 is 4.74 Å². The van der Waals surface area contributed by atoms with Crippen LogP contribution in [0.4, 0.5) is 0 Å². The first-order valence-corrected chi connectivity index (χ1v) is 7.56. The summed E-state index contributed by atoms with van der Waals surface area (Å²) in [4.78, 5) is 2.31. The molecule has 0 amide bonds. The van der Waals surface area contributed by atoms with E-state index in [0.29, 0.717) is 5.92 Å². The maximum atomic E-state index is 5.46. The third-order valence-corrected chi connectivity index (χ3v) is 4.32. The molecule has 0 radical (unpaired) electrons. The third kappa shape index (κ3) is 3.10. The molecule has 1 aromatic carbocycles. The number of aromatic nitrogens is 2. The zero-order valence-electron chi connectivity index (χ0n) is 13.0. The summed E-state index contributed by atoms with van der Waals surface area (Å²) >= 11 is 0. The number of hydrogen-bond acceptors (Lipinski definition) is 3. The topological polar surface area (TPSA) is 41.1 Å². The molecule has 112 valence electrons. The molecule has 0 bridgehead atoms. The molecule has 1 aromatic heterocycles. The van der Waals surface area contributed by atoms with E-state index in [-0.39, 0.29) is 6.04 Å². The van der Waals surface area contributed by atoms with Crippen LogP contribution in [0.15, 0.2) is 30.3 Å². The summed E-state index contributed by atoms with van der Waals surface area (Å²) in [7, 11) is 3.86. The van der Waals surface area contributed by atoms with E-state index >= 15 is 0 Å². The predicted octanol–water partition coefficient (Wildman–Crippen LogP) is 3.49. The molecule has 1 saturated carbocycles. The lowest BCUT2D eigenvalue weighted by molar-refractivity contribution is 0.244. The van der Waals surface area contributed by atoms with Gasteiger partial charge in [-0.2, -0.15) is 5.10 Å². The van der Waals surface area contributed by atoms with E-state index in [1.165, 1.54) is 29.8 Å². The van der Waals surface area contributed by atoms with Crippen molar-refractivity contribution in [2.45, 2.75) is 38.3 Å². The quantitative estimate of drug-likeness (QED) is 0.883. The Morgan fingerprint density at radius 3 is 2.86 bits per heavy atom. The van der Waals surface area contributed by atoms with E-state index in [4.69, 9.17) is 4.74 Å². The first kappa shape index (κ1) is 14.1. The second-order valence-electron chi connectivity index (χ2n) is 5.93. The highest BCUT2D eigenvalue weighted by molar-refractivity contribution is 5.35. The summed E-state index contributed by atoms with van der Waals surface area (Å²) in [6, 6.07) is 10.7.